The molecule has 2 heterocycles. The second-order valence-corrected chi connectivity index (χ2v) is 8.39. The molecule has 3 rings (SSSR count). The minimum atomic E-state index is -0.857. The lowest BCUT2D eigenvalue weighted by atomic mass is 10.2. The average Bonchev–Trinajstić information content (AvgIpc) is 3.16. The van der Waals surface area contributed by atoms with Gasteiger partial charge in [-0.3, -0.25) is 14.4 Å². The Morgan fingerprint density at radius 2 is 2.15 bits per heavy atom. The number of nitrogens with zero attached hydrogens (tertiary/aromatic N) is 1. The van der Waals surface area contributed by atoms with Crippen LogP contribution in [-0.2, 0) is 28.2 Å². The second kappa shape index (κ2) is 8.68. The topological polar surface area (TPSA) is 112 Å². The summed E-state index contributed by atoms with van der Waals surface area (Å²) in [6, 6.07) is 0. The number of thioether (sulfide) groups is 1. The highest BCUT2D eigenvalue weighted by molar-refractivity contribution is 7.98. The Morgan fingerprint density at radius 1 is 1.31 bits per heavy atom. The zero-order valence-electron chi connectivity index (χ0n) is 14.3. The standard InChI is InChI=1S/C17H21N3O4S2/c21-13(18-7-2-5-14(22)23)6-8-25-9-12-19-16(24)15-10-3-1-4-11(10)26-17(15)20-12/h1-9H2,(H,18,21)(H,22,23)(H,19,20,24). The molecule has 0 atom stereocenters. The van der Waals surface area contributed by atoms with Crippen molar-refractivity contribution in [3.05, 3.63) is 26.6 Å². The van der Waals surface area contributed by atoms with Gasteiger partial charge in [0, 0.05) is 30.0 Å². The number of carboxylic acids is 1. The van der Waals surface area contributed by atoms with Gasteiger partial charge in [-0.05, 0) is 31.2 Å². The molecule has 2 aromatic heterocycles. The summed E-state index contributed by atoms with van der Waals surface area (Å²) in [7, 11) is 0. The SMILES string of the molecule is O=C(O)CCCNC(=O)CCSCc1nc2sc3c(c2c(=O)[nH]1)CCC3. The van der Waals surface area contributed by atoms with Gasteiger partial charge in [-0.15, -0.1) is 11.3 Å². The molecule has 1 amide bonds. The van der Waals surface area contributed by atoms with Gasteiger partial charge in [-0.25, -0.2) is 4.98 Å². The number of carboxylic acid groups (broad SMARTS) is 1. The third kappa shape index (κ3) is 4.64. The maximum Gasteiger partial charge on any atom is 0.303 e. The van der Waals surface area contributed by atoms with Crippen LogP contribution in [0.1, 0.15) is 41.9 Å². The summed E-state index contributed by atoms with van der Waals surface area (Å²) in [6.07, 6.45) is 3.98. The molecule has 7 nitrogen and oxygen atoms in total. The van der Waals surface area contributed by atoms with E-state index in [9.17, 15) is 14.4 Å². The molecular weight excluding hydrogens is 374 g/mol. The molecule has 1 aliphatic carbocycles. The molecule has 0 bridgehead atoms. The molecule has 2 aromatic rings. The molecule has 26 heavy (non-hydrogen) atoms. The lowest BCUT2D eigenvalue weighted by Gasteiger charge is -2.04. The van der Waals surface area contributed by atoms with Gasteiger partial charge in [0.2, 0.25) is 5.91 Å². The number of amides is 1. The first kappa shape index (κ1) is 18.9. The summed E-state index contributed by atoms with van der Waals surface area (Å²) in [6.45, 7) is 0.379. The van der Waals surface area contributed by atoms with Crippen molar-refractivity contribution in [1.82, 2.24) is 15.3 Å². The van der Waals surface area contributed by atoms with Crippen LogP contribution in [0.4, 0.5) is 0 Å². The van der Waals surface area contributed by atoms with Crippen molar-refractivity contribution in [2.75, 3.05) is 12.3 Å². The van der Waals surface area contributed by atoms with Crippen molar-refractivity contribution < 1.29 is 14.7 Å². The molecule has 0 fully saturated rings. The first-order valence-corrected chi connectivity index (χ1v) is 10.6. The van der Waals surface area contributed by atoms with Gasteiger partial charge in [0.25, 0.3) is 5.56 Å². The monoisotopic (exact) mass is 395 g/mol. The molecule has 0 aliphatic heterocycles. The number of rotatable bonds is 9. The number of H-pyrrole nitrogens is 1. The quantitative estimate of drug-likeness (QED) is 0.561. The number of aliphatic carboxylic acids is 1. The van der Waals surface area contributed by atoms with E-state index in [-0.39, 0.29) is 17.9 Å². The first-order valence-electron chi connectivity index (χ1n) is 8.64. The summed E-state index contributed by atoms with van der Waals surface area (Å²) in [5.74, 6) is 0.876. The number of nitrogens with one attached hydrogen (secondary N) is 2. The smallest absolute Gasteiger partial charge is 0.303 e. The third-order valence-electron chi connectivity index (χ3n) is 4.23. The van der Waals surface area contributed by atoms with Gasteiger partial charge < -0.3 is 15.4 Å². The fraction of sp³-hybridized carbons (Fsp3) is 0.529. The summed E-state index contributed by atoms with van der Waals surface area (Å²) in [5.41, 5.74) is 1.12. The zero-order chi connectivity index (χ0) is 18.5. The van der Waals surface area contributed by atoms with Crippen molar-refractivity contribution in [3.8, 4) is 0 Å². The Labute approximate surface area is 158 Å². The number of fused-ring (bicyclic) bond motifs is 3. The van der Waals surface area contributed by atoms with Crippen molar-refractivity contribution in [1.29, 1.82) is 0 Å². The predicted octanol–water partition coefficient (Wildman–Crippen LogP) is 2.08. The third-order valence-corrected chi connectivity index (χ3v) is 6.38. The fourth-order valence-electron chi connectivity index (χ4n) is 3.00. The van der Waals surface area contributed by atoms with Gasteiger partial charge in [0.1, 0.15) is 10.7 Å². The Hall–Kier alpha value is -1.87. The van der Waals surface area contributed by atoms with E-state index in [1.807, 2.05) is 0 Å². The minimum absolute atomic E-state index is 0.0545. The molecule has 3 N–H and O–H groups in total. The first-order chi connectivity index (χ1) is 12.5. The van der Waals surface area contributed by atoms with Crippen molar-refractivity contribution in [2.24, 2.45) is 0 Å². The molecule has 0 aromatic carbocycles. The van der Waals surface area contributed by atoms with E-state index >= 15 is 0 Å². The average molecular weight is 396 g/mol. The fourth-order valence-corrected chi connectivity index (χ4v) is 5.09. The van der Waals surface area contributed by atoms with Crippen molar-refractivity contribution in [3.63, 3.8) is 0 Å². The Bertz CT molecular complexity index is 875. The van der Waals surface area contributed by atoms with Gasteiger partial charge in [0.05, 0.1) is 11.1 Å². The highest BCUT2D eigenvalue weighted by Crippen LogP contribution is 2.34. The largest absolute Gasteiger partial charge is 0.481 e. The molecule has 1 aliphatic rings. The highest BCUT2D eigenvalue weighted by atomic mass is 32.2. The molecule has 0 unspecified atom stereocenters. The maximum absolute atomic E-state index is 12.4. The van der Waals surface area contributed by atoms with Crippen LogP contribution in [0, 0.1) is 0 Å². The molecule has 0 saturated heterocycles. The maximum atomic E-state index is 12.4. The number of aromatic nitrogens is 2. The van der Waals surface area contributed by atoms with E-state index < -0.39 is 5.97 Å². The molecule has 9 heteroatoms. The van der Waals surface area contributed by atoms with Crippen LogP contribution in [-0.4, -0.2) is 39.2 Å². The summed E-state index contributed by atoms with van der Waals surface area (Å²) in [5, 5.41) is 12.0. The Morgan fingerprint density at radius 3 is 2.96 bits per heavy atom. The van der Waals surface area contributed by atoms with Gasteiger partial charge in [0.15, 0.2) is 0 Å². The highest BCUT2D eigenvalue weighted by Gasteiger charge is 2.21. The van der Waals surface area contributed by atoms with Crippen LogP contribution in [0.5, 0.6) is 0 Å². The Kier molecular flexibility index (Phi) is 6.31. The normalized spacial score (nSPS) is 13.1. The predicted molar refractivity (Wildman–Crippen MR) is 103 cm³/mol. The van der Waals surface area contributed by atoms with Crippen LogP contribution in [0.15, 0.2) is 4.79 Å². The molecule has 0 radical (unpaired) electrons. The van der Waals surface area contributed by atoms with Gasteiger partial charge in [-0.2, -0.15) is 11.8 Å². The van der Waals surface area contributed by atoms with E-state index in [1.54, 1.807) is 23.1 Å². The second-order valence-electron chi connectivity index (χ2n) is 6.20. The summed E-state index contributed by atoms with van der Waals surface area (Å²) < 4.78 is 0. The van der Waals surface area contributed by atoms with E-state index in [1.165, 1.54) is 10.4 Å². The van der Waals surface area contributed by atoms with Crippen LogP contribution in [0.3, 0.4) is 0 Å². The lowest BCUT2D eigenvalue weighted by molar-refractivity contribution is -0.137. The number of aryl methyl sites for hydroxylation is 2. The number of hydrogen-bond donors (Lipinski definition) is 3. The molecule has 0 spiro atoms. The van der Waals surface area contributed by atoms with E-state index in [0.717, 1.165) is 29.5 Å². The molecular formula is C17H21N3O4S2. The van der Waals surface area contributed by atoms with E-state index in [0.29, 0.717) is 36.7 Å². The zero-order valence-corrected chi connectivity index (χ0v) is 15.9. The van der Waals surface area contributed by atoms with E-state index in [4.69, 9.17) is 5.11 Å². The van der Waals surface area contributed by atoms with E-state index in [2.05, 4.69) is 15.3 Å². The van der Waals surface area contributed by atoms with Crippen LogP contribution in [0.2, 0.25) is 0 Å². The number of thiophene rings is 1. The minimum Gasteiger partial charge on any atom is -0.481 e. The van der Waals surface area contributed by atoms with Crippen molar-refractivity contribution >= 4 is 45.2 Å². The summed E-state index contributed by atoms with van der Waals surface area (Å²) in [4.78, 5) is 44.0. The number of hydrogen-bond acceptors (Lipinski definition) is 6. The van der Waals surface area contributed by atoms with Crippen LogP contribution >= 0.6 is 23.1 Å². The van der Waals surface area contributed by atoms with Crippen LogP contribution in [0.25, 0.3) is 10.2 Å². The molecule has 140 valence electrons. The van der Waals surface area contributed by atoms with Gasteiger partial charge >= 0.3 is 5.97 Å². The van der Waals surface area contributed by atoms with Crippen molar-refractivity contribution in [2.45, 2.75) is 44.3 Å². The van der Waals surface area contributed by atoms with Gasteiger partial charge in [-0.1, -0.05) is 0 Å². The molecule has 0 saturated carbocycles. The number of carbonyl (C=O) groups excluding carboxylic acids is 1. The van der Waals surface area contributed by atoms with Crippen LogP contribution < -0.4 is 10.9 Å². The lowest BCUT2D eigenvalue weighted by Crippen LogP contribution is -2.25. The Balaban J connectivity index is 1.45. The number of carbonyl (C=O) groups is 2. The number of aromatic amines is 1. The summed E-state index contributed by atoms with van der Waals surface area (Å²) >= 11 is 3.17.